The molecule has 0 aliphatic carbocycles. The van der Waals surface area contributed by atoms with Gasteiger partial charge < -0.3 is 24.8 Å². The maximum atomic E-state index is 11.9. The fourth-order valence-corrected chi connectivity index (χ4v) is 4.58. The SMILES string of the molecule is CCC(=O)Nc1ccc(N2C(=S)N[C@@H](c3ccccn3)[C@H]2c2cccn2C(C)C)cc1OC. The van der Waals surface area contributed by atoms with Crippen molar-refractivity contribution >= 4 is 34.6 Å². The molecule has 3 heterocycles. The fourth-order valence-electron chi connectivity index (χ4n) is 4.23. The van der Waals surface area contributed by atoms with Gasteiger partial charge in [-0.2, -0.15) is 0 Å². The monoisotopic (exact) mass is 463 g/mol. The van der Waals surface area contributed by atoms with Crippen LogP contribution in [0, 0.1) is 0 Å². The third-order valence-corrected chi connectivity index (χ3v) is 6.14. The summed E-state index contributed by atoms with van der Waals surface area (Å²) in [7, 11) is 1.60. The van der Waals surface area contributed by atoms with E-state index in [0.717, 1.165) is 17.1 Å². The predicted octanol–water partition coefficient (Wildman–Crippen LogP) is 5.00. The first-order valence-electron chi connectivity index (χ1n) is 11.1. The number of ether oxygens (including phenoxy) is 1. The van der Waals surface area contributed by atoms with Gasteiger partial charge in [-0.15, -0.1) is 0 Å². The van der Waals surface area contributed by atoms with E-state index in [1.165, 1.54) is 0 Å². The van der Waals surface area contributed by atoms with Crippen molar-refractivity contribution in [2.45, 2.75) is 45.3 Å². The molecule has 0 bridgehead atoms. The van der Waals surface area contributed by atoms with Crippen LogP contribution < -0.4 is 20.3 Å². The van der Waals surface area contributed by atoms with Crippen LogP contribution in [0.25, 0.3) is 0 Å². The molecule has 4 rings (SSSR count). The van der Waals surface area contributed by atoms with Gasteiger partial charge in [0, 0.05) is 42.3 Å². The van der Waals surface area contributed by atoms with Crippen molar-refractivity contribution in [1.82, 2.24) is 14.9 Å². The molecule has 1 aromatic carbocycles. The molecule has 33 heavy (non-hydrogen) atoms. The van der Waals surface area contributed by atoms with Gasteiger partial charge in [0.25, 0.3) is 0 Å². The highest BCUT2D eigenvalue weighted by Crippen LogP contribution is 2.43. The van der Waals surface area contributed by atoms with Crippen LogP contribution in [-0.2, 0) is 4.79 Å². The van der Waals surface area contributed by atoms with Crippen LogP contribution in [0.2, 0.25) is 0 Å². The molecule has 1 saturated heterocycles. The van der Waals surface area contributed by atoms with Crippen molar-refractivity contribution in [3.05, 3.63) is 72.3 Å². The molecule has 0 radical (unpaired) electrons. The molecular formula is C25H29N5O2S. The minimum absolute atomic E-state index is 0.0673. The first kappa shape index (κ1) is 22.8. The summed E-state index contributed by atoms with van der Waals surface area (Å²) in [4.78, 5) is 18.7. The van der Waals surface area contributed by atoms with Crippen LogP contribution in [0.3, 0.4) is 0 Å². The number of rotatable bonds is 7. The molecule has 3 aromatic rings. The standard InChI is InChI=1S/C25H29N5O2S/c1-5-22(31)27-18-12-11-17(15-21(18)32-4)30-24(20-10-8-14-29(20)16(2)3)23(28-25(30)33)19-9-6-7-13-26-19/h6-16,23-24H,5H2,1-4H3,(H,27,31)(H,28,33)/t23-,24+/m0/s1. The molecule has 1 amide bonds. The lowest BCUT2D eigenvalue weighted by molar-refractivity contribution is -0.115. The van der Waals surface area contributed by atoms with Gasteiger partial charge in [-0.3, -0.25) is 9.78 Å². The molecule has 1 aliphatic heterocycles. The number of hydrogen-bond acceptors (Lipinski definition) is 4. The first-order chi connectivity index (χ1) is 15.9. The Hall–Kier alpha value is -3.39. The molecule has 1 aliphatic rings. The smallest absolute Gasteiger partial charge is 0.224 e. The topological polar surface area (TPSA) is 71.4 Å². The number of carbonyl (C=O) groups is 1. The van der Waals surface area contributed by atoms with Crippen molar-refractivity contribution < 1.29 is 9.53 Å². The maximum absolute atomic E-state index is 11.9. The lowest BCUT2D eigenvalue weighted by atomic mass is 10.0. The van der Waals surface area contributed by atoms with E-state index in [4.69, 9.17) is 17.0 Å². The lowest BCUT2D eigenvalue weighted by Crippen LogP contribution is -2.30. The summed E-state index contributed by atoms with van der Waals surface area (Å²) in [5.74, 6) is 0.513. The first-order valence-corrected chi connectivity index (χ1v) is 11.5. The quantitative estimate of drug-likeness (QED) is 0.481. The molecule has 7 nitrogen and oxygen atoms in total. The van der Waals surface area contributed by atoms with E-state index in [2.05, 4.69) is 57.3 Å². The Labute approximate surface area is 199 Å². The van der Waals surface area contributed by atoms with Crippen molar-refractivity contribution in [2.75, 3.05) is 17.3 Å². The molecule has 2 N–H and O–H groups in total. The Morgan fingerprint density at radius 3 is 2.73 bits per heavy atom. The fraction of sp³-hybridized carbons (Fsp3) is 0.320. The van der Waals surface area contributed by atoms with Crippen molar-refractivity contribution in [1.29, 1.82) is 0 Å². The summed E-state index contributed by atoms with van der Waals surface area (Å²) in [5, 5.41) is 6.99. The highest BCUT2D eigenvalue weighted by atomic mass is 32.1. The molecule has 1 fully saturated rings. The third kappa shape index (κ3) is 4.43. The van der Waals surface area contributed by atoms with Gasteiger partial charge in [0.2, 0.25) is 5.91 Å². The number of methoxy groups -OCH3 is 1. The number of aromatic nitrogens is 2. The minimum atomic E-state index is -0.128. The van der Waals surface area contributed by atoms with E-state index >= 15 is 0 Å². The van der Waals surface area contributed by atoms with Gasteiger partial charge in [-0.25, -0.2) is 0 Å². The zero-order valence-electron chi connectivity index (χ0n) is 19.3. The largest absolute Gasteiger partial charge is 0.494 e. The molecule has 172 valence electrons. The molecular weight excluding hydrogens is 434 g/mol. The summed E-state index contributed by atoms with van der Waals surface area (Å²) in [5.41, 5.74) is 3.56. The predicted molar refractivity (Wildman–Crippen MR) is 135 cm³/mol. The Kier molecular flexibility index (Phi) is 6.65. The molecule has 2 aromatic heterocycles. The molecule has 0 unspecified atom stereocenters. The Morgan fingerprint density at radius 1 is 1.24 bits per heavy atom. The van der Waals surface area contributed by atoms with Crippen LogP contribution in [0.1, 0.15) is 56.7 Å². The van der Waals surface area contributed by atoms with Crippen molar-refractivity contribution in [3.63, 3.8) is 0 Å². The zero-order valence-corrected chi connectivity index (χ0v) is 20.1. The number of pyridine rings is 1. The highest BCUT2D eigenvalue weighted by molar-refractivity contribution is 7.80. The zero-order chi connectivity index (χ0) is 23.5. The number of nitrogens with one attached hydrogen (secondary N) is 2. The van der Waals surface area contributed by atoms with E-state index in [-0.39, 0.29) is 24.0 Å². The second kappa shape index (κ2) is 9.62. The number of thiocarbonyl (C=S) groups is 1. The van der Waals surface area contributed by atoms with E-state index in [1.54, 1.807) is 13.3 Å². The van der Waals surface area contributed by atoms with Crippen molar-refractivity contribution in [3.8, 4) is 5.75 Å². The molecule has 0 saturated carbocycles. The van der Waals surface area contributed by atoms with Crippen LogP contribution in [0.15, 0.2) is 60.9 Å². The van der Waals surface area contributed by atoms with Crippen molar-refractivity contribution in [2.24, 2.45) is 0 Å². The van der Waals surface area contributed by atoms with Crippen LogP contribution in [0.5, 0.6) is 5.75 Å². The Bertz CT molecular complexity index is 1140. The highest BCUT2D eigenvalue weighted by Gasteiger charge is 2.42. The van der Waals surface area contributed by atoms with Gasteiger partial charge in [-0.05, 0) is 62.5 Å². The summed E-state index contributed by atoms with van der Waals surface area (Å²) in [6.07, 6.45) is 4.29. The summed E-state index contributed by atoms with van der Waals surface area (Å²) in [6.45, 7) is 6.15. The molecule has 2 atom stereocenters. The summed E-state index contributed by atoms with van der Waals surface area (Å²) in [6, 6.07) is 15.9. The summed E-state index contributed by atoms with van der Waals surface area (Å²) >= 11 is 5.83. The number of carbonyl (C=O) groups excluding carboxylic acids is 1. The van der Waals surface area contributed by atoms with E-state index in [0.29, 0.717) is 23.0 Å². The second-order valence-electron chi connectivity index (χ2n) is 8.22. The van der Waals surface area contributed by atoms with Crippen LogP contribution in [-0.4, -0.2) is 27.7 Å². The van der Waals surface area contributed by atoms with E-state index in [9.17, 15) is 4.79 Å². The van der Waals surface area contributed by atoms with E-state index in [1.807, 2.05) is 43.3 Å². The van der Waals surface area contributed by atoms with Crippen LogP contribution in [0.4, 0.5) is 11.4 Å². The molecule has 0 spiro atoms. The van der Waals surface area contributed by atoms with Gasteiger partial charge in [0.15, 0.2) is 5.11 Å². The lowest BCUT2D eigenvalue weighted by Gasteiger charge is -2.30. The number of anilines is 2. The average Bonchev–Trinajstić information content (AvgIpc) is 3.44. The maximum Gasteiger partial charge on any atom is 0.224 e. The Balaban J connectivity index is 1.81. The van der Waals surface area contributed by atoms with Gasteiger partial charge in [0.1, 0.15) is 11.8 Å². The summed E-state index contributed by atoms with van der Waals surface area (Å²) < 4.78 is 7.86. The van der Waals surface area contributed by atoms with Gasteiger partial charge >= 0.3 is 0 Å². The normalized spacial score (nSPS) is 17.8. The number of hydrogen-bond donors (Lipinski definition) is 2. The van der Waals surface area contributed by atoms with Gasteiger partial charge in [0.05, 0.1) is 24.5 Å². The molecule has 8 heteroatoms. The van der Waals surface area contributed by atoms with E-state index < -0.39 is 0 Å². The second-order valence-corrected chi connectivity index (χ2v) is 8.60. The third-order valence-electron chi connectivity index (χ3n) is 5.83. The van der Waals surface area contributed by atoms with Crippen LogP contribution >= 0.6 is 12.2 Å². The number of benzene rings is 1. The minimum Gasteiger partial charge on any atom is -0.494 e. The number of nitrogens with zero attached hydrogens (tertiary/aromatic N) is 3. The van der Waals surface area contributed by atoms with Gasteiger partial charge in [-0.1, -0.05) is 13.0 Å². The number of amides is 1. The Morgan fingerprint density at radius 2 is 2.06 bits per heavy atom. The average molecular weight is 464 g/mol.